The van der Waals surface area contributed by atoms with Crippen molar-refractivity contribution in [2.24, 2.45) is 0 Å². The first kappa shape index (κ1) is 13.2. The Kier molecular flexibility index (Phi) is 3.72. The Bertz CT molecular complexity index is 759. The molecule has 0 amide bonds. The number of nitrogens with zero attached hydrogens (tertiary/aromatic N) is 2. The molecule has 0 atom stereocenters. The highest BCUT2D eigenvalue weighted by Crippen LogP contribution is 2.25. The molecule has 0 spiro atoms. The van der Waals surface area contributed by atoms with Gasteiger partial charge in [0.25, 0.3) is 0 Å². The molecule has 100 valence electrons. The van der Waals surface area contributed by atoms with Crippen LogP contribution in [0.2, 0.25) is 10.2 Å². The molecule has 0 aliphatic rings. The third kappa shape index (κ3) is 2.69. The summed E-state index contributed by atoms with van der Waals surface area (Å²) in [6.45, 7) is 0.626. The van der Waals surface area contributed by atoms with Gasteiger partial charge in [-0.3, -0.25) is 0 Å². The Morgan fingerprint density at radius 2 is 1.70 bits per heavy atom. The molecule has 1 heterocycles. The van der Waals surface area contributed by atoms with Gasteiger partial charge in [-0.25, -0.2) is 0 Å². The molecule has 0 saturated carbocycles. The van der Waals surface area contributed by atoms with E-state index in [1.165, 1.54) is 0 Å². The minimum Gasteiger partial charge on any atom is -0.364 e. The van der Waals surface area contributed by atoms with Gasteiger partial charge in [-0.15, -0.1) is 10.2 Å². The molecule has 0 saturated heterocycles. The zero-order chi connectivity index (χ0) is 13.9. The number of nitrogens with one attached hydrogen (secondary N) is 1. The van der Waals surface area contributed by atoms with Gasteiger partial charge in [-0.1, -0.05) is 59.6 Å². The molecule has 2 aromatic carbocycles. The van der Waals surface area contributed by atoms with Crippen LogP contribution in [0.4, 0.5) is 5.82 Å². The predicted octanol–water partition coefficient (Wildman–Crippen LogP) is 4.55. The van der Waals surface area contributed by atoms with Crippen LogP contribution in [0.1, 0.15) is 5.56 Å². The summed E-state index contributed by atoms with van der Waals surface area (Å²) >= 11 is 12.0. The fourth-order valence-electron chi connectivity index (χ4n) is 2.03. The van der Waals surface area contributed by atoms with E-state index in [1.807, 2.05) is 48.5 Å². The summed E-state index contributed by atoms with van der Waals surface area (Å²) in [4.78, 5) is 0. The van der Waals surface area contributed by atoms with E-state index in [4.69, 9.17) is 23.2 Å². The van der Waals surface area contributed by atoms with E-state index in [-0.39, 0.29) is 0 Å². The number of anilines is 1. The van der Waals surface area contributed by atoms with Gasteiger partial charge in [0.15, 0.2) is 11.0 Å². The SMILES string of the molecule is Clc1cccc(CNc2nnc(Cl)c3ccccc23)c1. The fraction of sp³-hybridized carbons (Fsp3) is 0.0667. The average Bonchev–Trinajstić information content (AvgIpc) is 2.47. The highest BCUT2D eigenvalue weighted by Gasteiger charge is 2.06. The second kappa shape index (κ2) is 5.65. The largest absolute Gasteiger partial charge is 0.364 e. The van der Waals surface area contributed by atoms with Crippen molar-refractivity contribution in [3.8, 4) is 0 Å². The molecule has 0 unspecified atom stereocenters. The molecule has 0 aliphatic heterocycles. The molecule has 0 aliphatic carbocycles. The van der Waals surface area contributed by atoms with E-state index < -0.39 is 0 Å². The van der Waals surface area contributed by atoms with Crippen LogP contribution in [0.3, 0.4) is 0 Å². The highest BCUT2D eigenvalue weighted by molar-refractivity contribution is 6.34. The van der Waals surface area contributed by atoms with Crippen LogP contribution in [0, 0.1) is 0 Å². The number of rotatable bonds is 3. The number of hydrogen-bond donors (Lipinski definition) is 1. The van der Waals surface area contributed by atoms with Crippen LogP contribution < -0.4 is 5.32 Å². The Hall–Kier alpha value is -1.84. The van der Waals surface area contributed by atoms with Gasteiger partial charge in [0.05, 0.1) is 0 Å². The summed E-state index contributed by atoms with van der Waals surface area (Å²) in [6.07, 6.45) is 0. The Morgan fingerprint density at radius 1 is 0.900 bits per heavy atom. The van der Waals surface area contributed by atoms with Crippen molar-refractivity contribution in [2.75, 3.05) is 5.32 Å². The van der Waals surface area contributed by atoms with Crippen LogP contribution in [0.15, 0.2) is 48.5 Å². The first-order valence-electron chi connectivity index (χ1n) is 6.13. The summed E-state index contributed by atoms with van der Waals surface area (Å²) in [5.74, 6) is 0.713. The van der Waals surface area contributed by atoms with E-state index in [0.29, 0.717) is 17.5 Å². The van der Waals surface area contributed by atoms with Crippen molar-refractivity contribution in [3.63, 3.8) is 0 Å². The third-order valence-electron chi connectivity index (χ3n) is 2.99. The van der Waals surface area contributed by atoms with Crippen LogP contribution in [0.5, 0.6) is 0 Å². The van der Waals surface area contributed by atoms with Crippen molar-refractivity contribution in [2.45, 2.75) is 6.54 Å². The summed E-state index contributed by atoms with van der Waals surface area (Å²) < 4.78 is 0. The zero-order valence-corrected chi connectivity index (χ0v) is 12.0. The maximum Gasteiger partial charge on any atom is 0.159 e. The Morgan fingerprint density at radius 3 is 2.50 bits per heavy atom. The summed E-state index contributed by atoms with van der Waals surface area (Å²) in [7, 11) is 0. The zero-order valence-electron chi connectivity index (χ0n) is 10.5. The maximum atomic E-state index is 6.05. The lowest BCUT2D eigenvalue weighted by molar-refractivity contribution is 1.02. The molecule has 20 heavy (non-hydrogen) atoms. The lowest BCUT2D eigenvalue weighted by Gasteiger charge is -2.09. The van der Waals surface area contributed by atoms with Crippen LogP contribution in [0.25, 0.3) is 10.8 Å². The summed E-state index contributed by atoms with van der Waals surface area (Å²) in [5.41, 5.74) is 1.08. The average molecular weight is 304 g/mol. The molecule has 3 rings (SSSR count). The van der Waals surface area contributed by atoms with E-state index in [9.17, 15) is 0 Å². The topological polar surface area (TPSA) is 37.8 Å². The smallest absolute Gasteiger partial charge is 0.159 e. The number of benzene rings is 2. The van der Waals surface area contributed by atoms with Gasteiger partial charge < -0.3 is 5.32 Å². The molecule has 1 aromatic heterocycles. The Balaban J connectivity index is 1.90. The van der Waals surface area contributed by atoms with E-state index >= 15 is 0 Å². The van der Waals surface area contributed by atoms with Crippen molar-refractivity contribution in [1.82, 2.24) is 10.2 Å². The van der Waals surface area contributed by atoms with Crippen molar-refractivity contribution in [3.05, 3.63) is 64.3 Å². The molecule has 0 radical (unpaired) electrons. The monoisotopic (exact) mass is 303 g/mol. The van der Waals surface area contributed by atoms with E-state index in [2.05, 4.69) is 15.5 Å². The lowest BCUT2D eigenvalue weighted by atomic mass is 10.2. The number of halogens is 2. The normalized spacial score (nSPS) is 10.7. The summed E-state index contributed by atoms with van der Waals surface area (Å²) in [6, 6.07) is 15.5. The molecule has 5 heteroatoms. The number of hydrogen-bond acceptors (Lipinski definition) is 3. The maximum absolute atomic E-state index is 6.05. The lowest BCUT2D eigenvalue weighted by Crippen LogP contribution is -2.03. The second-order valence-corrected chi connectivity index (χ2v) is 5.16. The van der Waals surface area contributed by atoms with Gasteiger partial charge in [0, 0.05) is 22.3 Å². The highest BCUT2D eigenvalue weighted by atomic mass is 35.5. The van der Waals surface area contributed by atoms with Crippen LogP contribution in [-0.4, -0.2) is 10.2 Å². The first-order valence-corrected chi connectivity index (χ1v) is 6.89. The van der Waals surface area contributed by atoms with Gasteiger partial charge >= 0.3 is 0 Å². The molecular weight excluding hydrogens is 293 g/mol. The molecule has 3 aromatic rings. The van der Waals surface area contributed by atoms with Crippen LogP contribution in [-0.2, 0) is 6.54 Å². The minimum atomic E-state index is 0.411. The first-order chi connectivity index (χ1) is 9.74. The third-order valence-corrected chi connectivity index (χ3v) is 3.51. The van der Waals surface area contributed by atoms with Gasteiger partial charge in [0.1, 0.15) is 0 Å². The van der Waals surface area contributed by atoms with E-state index in [0.717, 1.165) is 21.4 Å². The summed E-state index contributed by atoms with van der Waals surface area (Å²) in [5, 5.41) is 14.3. The quantitative estimate of drug-likeness (QED) is 0.771. The van der Waals surface area contributed by atoms with Crippen molar-refractivity contribution >= 4 is 39.8 Å². The molecule has 1 N–H and O–H groups in total. The van der Waals surface area contributed by atoms with Crippen LogP contribution >= 0.6 is 23.2 Å². The number of fused-ring (bicyclic) bond motifs is 1. The molecule has 3 nitrogen and oxygen atoms in total. The Labute approximate surface area is 126 Å². The van der Waals surface area contributed by atoms with E-state index in [1.54, 1.807) is 0 Å². The number of aromatic nitrogens is 2. The molecule has 0 fully saturated rings. The van der Waals surface area contributed by atoms with Crippen molar-refractivity contribution < 1.29 is 0 Å². The predicted molar refractivity (Wildman–Crippen MR) is 83.3 cm³/mol. The van der Waals surface area contributed by atoms with Gasteiger partial charge in [-0.2, -0.15) is 0 Å². The van der Waals surface area contributed by atoms with Gasteiger partial charge in [0.2, 0.25) is 0 Å². The van der Waals surface area contributed by atoms with Gasteiger partial charge in [-0.05, 0) is 17.7 Å². The molecule has 0 bridgehead atoms. The molecular formula is C15H11Cl2N3. The van der Waals surface area contributed by atoms with Crippen molar-refractivity contribution in [1.29, 1.82) is 0 Å². The second-order valence-electron chi connectivity index (χ2n) is 4.37. The minimum absolute atomic E-state index is 0.411. The fourth-order valence-corrected chi connectivity index (χ4v) is 2.45. The standard InChI is InChI=1S/C15H11Cl2N3/c16-11-5-3-4-10(8-11)9-18-15-13-7-2-1-6-12(13)14(17)19-20-15/h1-8H,9H2,(H,18,20).